The van der Waals surface area contributed by atoms with Gasteiger partial charge < -0.3 is 5.32 Å². The van der Waals surface area contributed by atoms with Crippen LogP contribution in [0.5, 0.6) is 0 Å². The fourth-order valence-electron chi connectivity index (χ4n) is 2.83. The van der Waals surface area contributed by atoms with Gasteiger partial charge in [0.05, 0.1) is 6.20 Å². The van der Waals surface area contributed by atoms with Crippen LogP contribution >= 0.6 is 0 Å². The Hall–Kier alpha value is -3.21. The number of nitrogens with zero attached hydrogens (tertiary/aromatic N) is 4. The molecule has 0 amide bonds. The molecule has 0 aliphatic rings. The molecule has 0 aliphatic carbocycles. The van der Waals surface area contributed by atoms with Gasteiger partial charge in [0.25, 0.3) is 0 Å². The Morgan fingerprint density at radius 1 is 0.960 bits per heavy atom. The van der Waals surface area contributed by atoms with Gasteiger partial charge in [-0.2, -0.15) is 9.61 Å². The average molecular weight is 329 g/mol. The van der Waals surface area contributed by atoms with E-state index in [4.69, 9.17) is 0 Å². The summed E-state index contributed by atoms with van der Waals surface area (Å²) in [5, 5.41) is 7.95. The van der Waals surface area contributed by atoms with Crippen LogP contribution in [0.25, 0.3) is 16.8 Å². The Morgan fingerprint density at radius 3 is 2.64 bits per heavy atom. The van der Waals surface area contributed by atoms with Crippen molar-refractivity contribution in [2.75, 3.05) is 11.9 Å². The molecule has 0 atom stereocenters. The average Bonchev–Trinajstić information content (AvgIpc) is 3.08. The highest BCUT2D eigenvalue weighted by molar-refractivity contribution is 5.78. The van der Waals surface area contributed by atoms with E-state index in [1.54, 1.807) is 0 Å². The number of nitrogens with one attached hydrogen (secondary N) is 1. The summed E-state index contributed by atoms with van der Waals surface area (Å²) in [4.78, 5) is 8.86. The van der Waals surface area contributed by atoms with Crippen LogP contribution in [0.4, 0.5) is 5.82 Å². The maximum Gasteiger partial charge on any atom is 0.165 e. The molecule has 0 saturated heterocycles. The number of pyridine rings is 1. The SMILES string of the molecule is Cc1ccc(-c2cnn3c(NCCc4ccccn4)ccnc23)cc1. The van der Waals surface area contributed by atoms with Crippen LogP contribution in [0.1, 0.15) is 11.3 Å². The van der Waals surface area contributed by atoms with Gasteiger partial charge in [-0.15, -0.1) is 0 Å². The zero-order valence-corrected chi connectivity index (χ0v) is 14.1. The molecule has 0 spiro atoms. The van der Waals surface area contributed by atoms with Crippen molar-refractivity contribution in [1.82, 2.24) is 19.6 Å². The summed E-state index contributed by atoms with van der Waals surface area (Å²) in [7, 11) is 0. The van der Waals surface area contributed by atoms with Gasteiger partial charge in [-0.05, 0) is 30.7 Å². The lowest BCUT2D eigenvalue weighted by molar-refractivity contribution is 0.901. The first-order valence-corrected chi connectivity index (χ1v) is 8.35. The highest BCUT2D eigenvalue weighted by atomic mass is 15.3. The molecule has 0 bridgehead atoms. The van der Waals surface area contributed by atoms with Crippen molar-refractivity contribution in [2.45, 2.75) is 13.3 Å². The second-order valence-corrected chi connectivity index (χ2v) is 5.99. The minimum Gasteiger partial charge on any atom is -0.370 e. The molecular formula is C20H19N5. The fourth-order valence-corrected chi connectivity index (χ4v) is 2.83. The van der Waals surface area contributed by atoms with Crippen molar-refractivity contribution in [2.24, 2.45) is 0 Å². The molecule has 0 radical (unpaired) electrons. The molecule has 0 fully saturated rings. The van der Waals surface area contributed by atoms with E-state index in [-0.39, 0.29) is 0 Å². The number of hydrogen-bond donors (Lipinski definition) is 1. The van der Waals surface area contributed by atoms with Crippen molar-refractivity contribution >= 4 is 11.5 Å². The minimum absolute atomic E-state index is 0.788. The van der Waals surface area contributed by atoms with Crippen LogP contribution < -0.4 is 5.32 Å². The van der Waals surface area contributed by atoms with Gasteiger partial charge >= 0.3 is 0 Å². The van der Waals surface area contributed by atoms with Gasteiger partial charge in [0.1, 0.15) is 5.82 Å². The smallest absolute Gasteiger partial charge is 0.165 e. The number of fused-ring (bicyclic) bond motifs is 1. The third-order valence-electron chi connectivity index (χ3n) is 4.18. The second-order valence-electron chi connectivity index (χ2n) is 5.99. The predicted molar refractivity (Wildman–Crippen MR) is 99.6 cm³/mol. The van der Waals surface area contributed by atoms with E-state index in [1.165, 1.54) is 5.56 Å². The standard InChI is InChI=1S/C20H19N5/c1-15-5-7-16(8-6-15)18-14-24-25-19(10-13-23-20(18)25)22-12-9-17-4-2-3-11-21-17/h2-8,10-11,13-14,22H,9,12H2,1H3. The maximum atomic E-state index is 4.52. The summed E-state index contributed by atoms with van der Waals surface area (Å²) >= 11 is 0. The summed E-state index contributed by atoms with van der Waals surface area (Å²) < 4.78 is 1.85. The molecule has 5 nitrogen and oxygen atoms in total. The van der Waals surface area contributed by atoms with E-state index >= 15 is 0 Å². The summed E-state index contributed by atoms with van der Waals surface area (Å²) in [6, 6.07) is 16.3. The van der Waals surface area contributed by atoms with E-state index < -0.39 is 0 Å². The first kappa shape index (κ1) is 15.3. The Balaban J connectivity index is 1.57. The lowest BCUT2D eigenvalue weighted by Gasteiger charge is -2.08. The van der Waals surface area contributed by atoms with Crippen molar-refractivity contribution in [1.29, 1.82) is 0 Å². The first-order valence-electron chi connectivity index (χ1n) is 8.35. The van der Waals surface area contributed by atoms with Gasteiger partial charge in [-0.3, -0.25) is 4.98 Å². The van der Waals surface area contributed by atoms with Gasteiger partial charge in [0.15, 0.2) is 5.65 Å². The zero-order valence-electron chi connectivity index (χ0n) is 14.1. The van der Waals surface area contributed by atoms with Gasteiger partial charge in [-0.1, -0.05) is 35.9 Å². The lowest BCUT2D eigenvalue weighted by atomic mass is 10.1. The topological polar surface area (TPSA) is 55.1 Å². The molecule has 0 saturated carbocycles. The molecule has 4 rings (SSSR count). The molecule has 124 valence electrons. The molecule has 1 N–H and O–H groups in total. The van der Waals surface area contributed by atoms with E-state index in [9.17, 15) is 0 Å². The molecule has 0 unspecified atom stereocenters. The van der Waals surface area contributed by atoms with Crippen LogP contribution in [0, 0.1) is 6.92 Å². The van der Waals surface area contributed by atoms with Gasteiger partial charge in [-0.25, -0.2) is 4.98 Å². The number of rotatable bonds is 5. The van der Waals surface area contributed by atoms with E-state index in [0.29, 0.717) is 0 Å². The van der Waals surface area contributed by atoms with Crippen LogP contribution in [0.15, 0.2) is 67.1 Å². The largest absolute Gasteiger partial charge is 0.370 e. The molecule has 3 heterocycles. The molecular weight excluding hydrogens is 310 g/mol. The first-order chi connectivity index (χ1) is 12.3. The number of benzene rings is 1. The molecule has 0 aliphatic heterocycles. The molecule has 4 aromatic rings. The van der Waals surface area contributed by atoms with Crippen LogP contribution in [0.3, 0.4) is 0 Å². The van der Waals surface area contributed by atoms with Crippen molar-refractivity contribution < 1.29 is 0 Å². The number of aromatic nitrogens is 4. The Bertz CT molecular complexity index is 974. The fraction of sp³-hybridized carbons (Fsp3) is 0.150. The molecule has 5 heteroatoms. The summed E-state index contributed by atoms with van der Waals surface area (Å²) in [5.74, 6) is 0.930. The summed E-state index contributed by atoms with van der Waals surface area (Å²) in [5.41, 5.74) is 5.32. The minimum atomic E-state index is 0.788. The normalized spacial score (nSPS) is 10.9. The summed E-state index contributed by atoms with van der Waals surface area (Å²) in [6.07, 6.45) is 6.37. The third-order valence-corrected chi connectivity index (χ3v) is 4.18. The van der Waals surface area contributed by atoms with Crippen LogP contribution in [-0.2, 0) is 6.42 Å². The highest BCUT2D eigenvalue weighted by Gasteiger charge is 2.10. The van der Waals surface area contributed by atoms with Crippen molar-refractivity contribution in [3.8, 4) is 11.1 Å². The Labute approximate surface area is 146 Å². The lowest BCUT2D eigenvalue weighted by Crippen LogP contribution is -2.09. The molecule has 3 aromatic heterocycles. The number of anilines is 1. The van der Waals surface area contributed by atoms with Crippen molar-refractivity contribution in [3.05, 3.63) is 78.4 Å². The Kier molecular flexibility index (Phi) is 4.12. The number of hydrogen-bond acceptors (Lipinski definition) is 4. The zero-order chi connectivity index (χ0) is 17.1. The van der Waals surface area contributed by atoms with Crippen LogP contribution in [-0.4, -0.2) is 26.1 Å². The van der Waals surface area contributed by atoms with Crippen LogP contribution in [0.2, 0.25) is 0 Å². The molecule has 1 aromatic carbocycles. The van der Waals surface area contributed by atoms with Crippen molar-refractivity contribution in [3.63, 3.8) is 0 Å². The monoisotopic (exact) mass is 329 g/mol. The quantitative estimate of drug-likeness (QED) is 0.606. The van der Waals surface area contributed by atoms with E-state index in [0.717, 1.165) is 41.3 Å². The second kappa shape index (κ2) is 6.73. The number of aryl methyl sites for hydroxylation is 1. The molecule has 25 heavy (non-hydrogen) atoms. The van der Waals surface area contributed by atoms with E-state index in [1.807, 2.05) is 47.4 Å². The predicted octanol–water partition coefficient (Wildman–Crippen LogP) is 3.75. The highest BCUT2D eigenvalue weighted by Crippen LogP contribution is 2.25. The van der Waals surface area contributed by atoms with E-state index in [2.05, 4.69) is 51.6 Å². The Morgan fingerprint density at radius 2 is 1.84 bits per heavy atom. The maximum absolute atomic E-state index is 4.52. The van der Waals surface area contributed by atoms with Gasteiger partial charge in [0.2, 0.25) is 0 Å². The van der Waals surface area contributed by atoms with Gasteiger partial charge in [0, 0.05) is 36.6 Å². The summed E-state index contributed by atoms with van der Waals surface area (Å²) in [6.45, 7) is 2.87. The third kappa shape index (κ3) is 3.21.